The third kappa shape index (κ3) is 6.83. The first-order valence-corrected chi connectivity index (χ1v) is 14.5. The van der Waals surface area contributed by atoms with Crippen LogP contribution in [0.2, 0.25) is 0 Å². The highest BCUT2D eigenvalue weighted by molar-refractivity contribution is 7.54. The van der Waals surface area contributed by atoms with Gasteiger partial charge in [-0.3, -0.25) is 23.7 Å². The zero-order valence-corrected chi connectivity index (χ0v) is 24.2. The smallest absolute Gasteiger partial charge is 0.380 e. The maximum Gasteiger partial charge on any atom is 0.380 e. The Bertz CT molecular complexity index is 1370. The van der Waals surface area contributed by atoms with Gasteiger partial charge in [-0.05, 0) is 39.8 Å². The largest absolute Gasteiger partial charge is 0.463 e. The Morgan fingerprint density at radius 1 is 1.27 bits per heavy atom. The number of rotatable bonds is 11. The normalized spacial score (nSPS) is 25.4. The Kier molecular flexibility index (Phi) is 9.68. The van der Waals surface area contributed by atoms with E-state index in [9.17, 15) is 32.8 Å². The van der Waals surface area contributed by atoms with Gasteiger partial charge in [0.2, 0.25) is 5.82 Å². The van der Waals surface area contributed by atoms with Crippen molar-refractivity contribution in [3.63, 3.8) is 0 Å². The number of esters is 1. The van der Waals surface area contributed by atoms with Gasteiger partial charge in [0.05, 0.1) is 24.4 Å². The van der Waals surface area contributed by atoms with Crippen LogP contribution in [0.5, 0.6) is 5.75 Å². The highest BCUT2D eigenvalue weighted by Gasteiger charge is 2.62. The first-order valence-electron chi connectivity index (χ1n) is 12.4. The van der Waals surface area contributed by atoms with Crippen molar-refractivity contribution in [3.05, 3.63) is 63.2 Å². The second-order valence-electron chi connectivity index (χ2n) is 10.3. The Morgan fingerprint density at radius 3 is 2.48 bits per heavy atom. The second-order valence-corrected chi connectivity index (χ2v) is 13.0. The quantitative estimate of drug-likeness (QED) is 0.222. The Morgan fingerprint density at radius 2 is 1.90 bits per heavy atom. The van der Waals surface area contributed by atoms with Gasteiger partial charge in [0.25, 0.3) is 5.56 Å². The summed E-state index contributed by atoms with van der Waals surface area (Å²) in [6, 6.07) is 7.98. The first kappa shape index (κ1) is 32.0. The molecule has 0 bridgehead atoms. The van der Waals surface area contributed by atoms with E-state index in [4.69, 9.17) is 30.1 Å². The van der Waals surface area contributed by atoms with Crippen LogP contribution in [0.15, 0.2) is 46.1 Å². The summed E-state index contributed by atoms with van der Waals surface area (Å²) in [6.07, 6.45) is -5.65. The molecule has 222 valence electrons. The fourth-order valence-corrected chi connectivity index (χ4v) is 6.79. The number of alkyl halides is 2. The minimum atomic E-state index is -4.27. The molecule has 0 aliphatic carbocycles. The number of benzene rings is 1. The van der Waals surface area contributed by atoms with E-state index < -0.39 is 84.4 Å². The molecule has 40 heavy (non-hydrogen) atoms. The van der Waals surface area contributed by atoms with Crippen molar-refractivity contribution in [2.45, 2.75) is 69.6 Å². The van der Waals surface area contributed by atoms with Crippen molar-refractivity contribution < 1.29 is 41.8 Å². The maximum atomic E-state index is 14.3. The third-order valence-corrected chi connectivity index (χ3v) is 8.89. The SMILES string of the molecule is CC(C)OC(=O)[C@H](C)C[P@@](=O)(Oc1ccccc1)OC(C)(C)[C@H]1O[C@@H](n2cc(F)c(=O)[nH]c2=O)C(Cl)(CF)[C@H]1O. The average Bonchev–Trinajstić information content (AvgIpc) is 3.12. The molecule has 2 N–H and O–H groups in total. The molecular weight excluding hydrogens is 577 g/mol. The van der Waals surface area contributed by atoms with E-state index in [2.05, 4.69) is 0 Å². The Labute approximate surface area is 233 Å². The topological polar surface area (TPSA) is 146 Å². The van der Waals surface area contributed by atoms with Crippen molar-refractivity contribution in [1.29, 1.82) is 0 Å². The van der Waals surface area contributed by atoms with Gasteiger partial charge in [-0.25, -0.2) is 13.8 Å². The van der Waals surface area contributed by atoms with Gasteiger partial charge in [-0.1, -0.05) is 25.1 Å². The lowest BCUT2D eigenvalue weighted by atomic mass is 9.91. The lowest BCUT2D eigenvalue weighted by molar-refractivity contribution is -0.151. The highest BCUT2D eigenvalue weighted by Crippen LogP contribution is 2.56. The molecule has 1 aromatic heterocycles. The summed E-state index contributed by atoms with van der Waals surface area (Å²) in [6.45, 7) is 6.05. The molecule has 0 saturated carbocycles. The molecule has 2 aromatic rings. The highest BCUT2D eigenvalue weighted by atomic mass is 35.5. The van der Waals surface area contributed by atoms with Crippen molar-refractivity contribution in [1.82, 2.24) is 9.55 Å². The average molecular weight is 609 g/mol. The molecule has 0 radical (unpaired) electrons. The van der Waals surface area contributed by atoms with E-state index >= 15 is 0 Å². The molecule has 3 rings (SSSR count). The van der Waals surface area contributed by atoms with Crippen LogP contribution in [0.1, 0.15) is 40.8 Å². The summed E-state index contributed by atoms with van der Waals surface area (Å²) in [7, 11) is -4.27. The number of nitrogens with one attached hydrogen (secondary N) is 1. The van der Waals surface area contributed by atoms with Crippen LogP contribution in [0.25, 0.3) is 0 Å². The van der Waals surface area contributed by atoms with Gasteiger partial charge in [0.1, 0.15) is 35.1 Å². The summed E-state index contributed by atoms with van der Waals surface area (Å²) in [4.78, 5) is 35.8. The van der Waals surface area contributed by atoms with Gasteiger partial charge in [-0.15, -0.1) is 11.6 Å². The number of H-pyrrole nitrogens is 1. The van der Waals surface area contributed by atoms with Gasteiger partial charge >= 0.3 is 19.3 Å². The number of aliphatic hydroxyl groups excluding tert-OH is 1. The van der Waals surface area contributed by atoms with Gasteiger partial charge < -0.3 is 19.1 Å². The number of para-hydroxylation sites is 1. The van der Waals surface area contributed by atoms with E-state index in [1.54, 1.807) is 37.0 Å². The summed E-state index contributed by atoms with van der Waals surface area (Å²) < 4.78 is 65.6. The summed E-state index contributed by atoms with van der Waals surface area (Å²) in [5, 5.41) is 11.1. The molecule has 1 aromatic carbocycles. The van der Waals surface area contributed by atoms with Gasteiger partial charge in [-0.2, -0.15) is 4.39 Å². The van der Waals surface area contributed by atoms with Crippen LogP contribution in [0.3, 0.4) is 0 Å². The summed E-state index contributed by atoms with van der Waals surface area (Å²) in [5.74, 6) is -2.82. The van der Waals surface area contributed by atoms with Crippen LogP contribution in [0.4, 0.5) is 8.78 Å². The number of carbonyl (C=O) groups excluding carboxylic acids is 1. The van der Waals surface area contributed by atoms with E-state index in [1.807, 2.05) is 0 Å². The second kappa shape index (κ2) is 12.1. The molecule has 2 heterocycles. The van der Waals surface area contributed by atoms with E-state index in [0.29, 0.717) is 10.8 Å². The molecule has 11 nitrogen and oxygen atoms in total. The predicted octanol–water partition coefficient (Wildman–Crippen LogP) is 3.54. The Balaban J connectivity index is 1.98. The number of halogens is 3. The minimum Gasteiger partial charge on any atom is -0.463 e. The van der Waals surface area contributed by atoms with Crippen LogP contribution in [-0.4, -0.2) is 62.3 Å². The molecule has 15 heteroatoms. The fraction of sp³-hybridized carbons (Fsp3) is 0.560. The number of nitrogens with zero attached hydrogens (tertiary/aromatic N) is 1. The number of aliphatic hydroxyl groups is 1. The zero-order chi connectivity index (χ0) is 30.0. The molecule has 1 aliphatic heterocycles. The van der Waals surface area contributed by atoms with Crippen LogP contribution in [-0.2, 0) is 23.4 Å². The van der Waals surface area contributed by atoms with Crippen LogP contribution < -0.4 is 15.8 Å². The number of hydrogen-bond acceptors (Lipinski definition) is 9. The number of ether oxygens (including phenoxy) is 2. The lowest BCUT2D eigenvalue weighted by Gasteiger charge is -2.36. The third-order valence-electron chi connectivity index (χ3n) is 6.15. The summed E-state index contributed by atoms with van der Waals surface area (Å²) >= 11 is 6.41. The van der Waals surface area contributed by atoms with Crippen LogP contribution >= 0.6 is 19.2 Å². The number of hydrogen-bond donors (Lipinski definition) is 2. The molecular formula is C25H32ClF2N2O9P. The van der Waals surface area contributed by atoms with E-state index in [-0.39, 0.29) is 5.75 Å². The molecule has 1 fully saturated rings. The summed E-state index contributed by atoms with van der Waals surface area (Å²) in [5.41, 5.74) is -4.25. The molecule has 0 amide bonds. The van der Waals surface area contributed by atoms with E-state index in [0.717, 1.165) is 0 Å². The van der Waals surface area contributed by atoms with Crippen molar-refractivity contribution in [2.24, 2.45) is 5.92 Å². The van der Waals surface area contributed by atoms with Crippen molar-refractivity contribution >= 4 is 25.2 Å². The molecule has 1 unspecified atom stereocenters. The molecule has 1 aliphatic rings. The predicted molar refractivity (Wildman–Crippen MR) is 141 cm³/mol. The molecule has 0 spiro atoms. The van der Waals surface area contributed by atoms with Crippen LogP contribution in [0, 0.1) is 11.7 Å². The minimum absolute atomic E-state index is 0.155. The van der Waals surface area contributed by atoms with Crippen molar-refractivity contribution in [2.75, 3.05) is 12.8 Å². The number of aromatic nitrogens is 2. The lowest BCUT2D eigenvalue weighted by Crippen LogP contribution is -2.51. The number of aromatic amines is 1. The standard InChI is InChI=1S/C25H32ClF2N2O9P/c1-14(2)36-21(33)15(3)12-40(35,38-16-9-7-6-8-10-16)39-24(4,5)19-18(31)25(26,13-27)22(37-19)30-11-17(28)20(32)29-23(30)34/h6-11,14-15,18-19,22,31H,12-13H2,1-5H3,(H,29,32,34)/t15-,18+,19+,22-,25?,40-/m1/s1. The molecule has 6 atom stereocenters. The molecule has 1 saturated heterocycles. The Hall–Kier alpha value is -2.57. The number of carbonyl (C=O) groups is 1. The maximum absolute atomic E-state index is 14.3. The first-order chi connectivity index (χ1) is 18.5. The van der Waals surface area contributed by atoms with Gasteiger partial charge in [0, 0.05) is 0 Å². The van der Waals surface area contributed by atoms with Crippen molar-refractivity contribution in [3.8, 4) is 5.75 Å². The zero-order valence-electron chi connectivity index (χ0n) is 22.5. The van der Waals surface area contributed by atoms with E-state index in [1.165, 1.54) is 32.9 Å². The monoisotopic (exact) mass is 608 g/mol. The fourth-order valence-electron chi connectivity index (χ4n) is 4.25. The van der Waals surface area contributed by atoms with Gasteiger partial charge in [0.15, 0.2) is 6.23 Å².